The Bertz CT molecular complexity index is 612. The maximum atomic E-state index is 12.1. The summed E-state index contributed by atoms with van der Waals surface area (Å²) < 4.78 is 0. The topological polar surface area (TPSA) is 34.1 Å². The van der Waals surface area contributed by atoms with Crippen molar-refractivity contribution in [3.63, 3.8) is 0 Å². The van der Waals surface area contributed by atoms with Crippen molar-refractivity contribution in [3.05, 3.63) is 60.2 Å². The van der Waals surface area contributed by atoms with Crippen molar-refractivity contribution in [2.75, 3.05) is 0 Å². The van der Waals surface area contributed by atoms with Crippen molar-refractivity contribution in [2.24, 2.45) is 5.92 Å². The maximum Gasteiger partial charge on any atom is 0.162 e. The standard InChI is InChI=1S/C19H20O2/c1-14(15(2)20)8-13-19(21)18-11-9-17(10-12-18)16-6-4-3-5-7-16/h3-7,9-12,14H,8,13H2,1-2H3. The van der Waals surface area contributed by atoms with E-state index in [1.165, 1.54) is 0 Å². The minimum absolute atomic E-state index is 0.0439. The third-order valence-corrected chi connectivity index (χ3v) is 3.81. The molecule has 2 aromatic rings. The van der Waals surface area contributed by atoms with E-state index in [4.69, 9.17) is 0 Å². The Balaban J connectivity index is 2.02. The third-order valence-electron chi connectivity index (χ3n) is 3.81. The SMILES string of the molecule is CC(=O)C(C)CCC(=O)c1ccc(-c2ccccc2)cc1. The van der Waals surface area contributed by atoms with Gasteiger partial charge < -0.3 is 0 Å². The Kier molecular flexibility index (Phi) is 5.04. The summed E-state index contributed by atoms with van der Waals surface area (Å²) >= 11 is 0. The highest BCUT2D eigenvalue weighted by Crippen LogP contribution is 2.20. The second-order valence-electron chi connectivity index (χ2n) is 5.42. The van der Waals surface area contributed by atoms with Crippen LogP contribution in [-0.4, -0.2) is 11.6 Å². The fourth-order valence-corrected chi connectivity index (χ4v) is 2.17. The molecule has 0 saturated carbocycles. The average Bonchev–Trinajstić information content (AvgIpc) is 2.53. The molecule has 0 radical (unpaired) electrons. The van der Waals surface area contributed by atoms with Gasteiger partial charge in [-0.2, -0.15) is 0 Å². The molecule has 2 heteroatoms. The van der Waals surface area contributed by atoms with Crippen molar-refractivity contribution in [1.29, 1.82) is 0 Å². The van der Waals surface area contributed by atoms with Crippen LogP contribution in [0.15, 0.2) is 54.6 Å². The predicted molar refractivity (Wildman–Crippen MR) is 85.3 cm³/mol. The van der Waals surface area contributed by atoms with Gasteiger partial charge in [0.05, 0.1) is 0 Å². The number of carbonyl (C=O) groups excluding carboxylic acids is 2. The van der Waals surface area contributed by atoms with E-state index in [-0.39, 0.29) is 17.5 Å². The van der Waals surface area contributed by atoms with E-state index in [2.05, 4.69) is 0 Å². The Morgan fingerprint density at radius 3 is 2.05 bits per heavy atom. The van der Waals surface area contributed by atoms with Gasteiger partial charge in [-0.1, -0.05) is 61.5 Å². The van der Waals surface area contributed by atoms with Crippen LogP contribution in [0.25, 0.3) is 11.1 Å². The van der Waals surface area contributed by atoms with E-state index in [0.29, 0.717) is 18.4 Å². The monoisotopic (exact) mass is 280 g/mol. The van der Waals surface area contributed by atoms with Crippen molar-refractivity contribution >= 4 is 11.6 Å². The first-order valence-corrected chi connectivity index (χ1v) is 7.27. The average molecular weight is 280 g/mol. The summed E-state index contributed by atoms with van der Waals surface area (Å²) in [7, 11) is 0. The van der Waals surface area contributed by atoms with Crippen LogP contribution in [0.3, 0.4) is 0 Å². The number of hydrogen-bond donors (Lipinski definition) is 0. The molecule has 0 aliphatic carbocycles. The predicted octanol–water partition coefficient (Wildman–Crippen LogP) is 4.54. The number of benzene rings is 2. The molecule has 2 nitrogen and oxygen atoms in total. The minimum atomic E-state index is -0.0439. The summed E-state index contributed by atoms with van der Waals surface area (Å²) in [6.45, 7) is 3.44. The van der Waals surface area contributed by atoms with Gasteiger partial charge in [0.1, 0.15) is 5.78 Å². The summed E-state index contributed by atoms with van der Waals surface area (Å²) in [4.78, 5) is 23.3. The first-order chi connectivity index (χ1) is 10.1. The Morgan fingerprint density at radius 2 is 1.48 bits per heavy atom. The van der Waals surface area contributed by atoms with Gasteiger partial charge in [-0.05, 0) is 24.5 Å². The second kappa shape index (κ2) is 6.98. The zero-order chi connectivity index (χ0) is 15.2. The molecular formula is C19H20O2. The molecule has 21 heavy (non-hydrogen) atoms. The van der Waals surface area contributed by atoms with Gasteiger partial charge >= 0.3 is 0 Å². The highest BCUT2D eigenvalue weighted by atomic mass is 16.1. The molecule has 0 bridgehead atoms. The molecule has 0 aliphatic heterocycles. The third kappa shape index (κ3) is 4.12. The fourth-order valence-electron chi connectivity index (χ4n) is 2.17. The Labute approximate surface area is 125 Å². The fraction of sp³-hybridized carbons (Fsp3) is 0.263. The first kappa shape index (κ1) is 15.2. The van der Waals surface area contributed by atoms with Crippen LogP contribution in [0.1, 0.15) is 37.0 Å². The lowest BCUT2D eigenvalue weighted by Gasteiger charge is -2.07. The van der Waals surface area contributed by atoms with Gasteiger partial charge in [-0.15, -0.1) is 0 Å². The molecule has 0 spiro atoms. The first-order valence-electron chi connectivity index (χ1n) is 7.27. The smallest absolute Gasteiger partial charge is 0.162 e. The van der Waals surface area contributed by atoms with Crippen LogP contribution in [0.4, 0.5) is 0 Å². The number of carbonyl (C=O) groups is 2. The molecule has 0 heterocycles. The molecular weight excluding hydrogens is 260 g/mol. The van der Waals surface area contributed by atoms with Crippen LogP contribution >= 0.6 is 0 Å². The van der Waals surface area contributed by atoms with E-state index < -0.39 is 0 Å². The van der Waals surface area contributed by atoms with Gasteiger partial charge in [-0.25, -0.2) is 0 Å². The van der Waals surface area contributed by atoms with Crippen LogP contribution in [0.2, 0.25) is 0 Å². The van der Waals surface area contributed by atoms with Gasteiger partial charge in [0, 0.05) is 17.9 Å². The van der Waals surface area contributed by atoms with Gasteiger partial charge in [0.2, 0.25) is 0 Å². The zero-order valence-electron chi connectivity index (χ0n) is 12.5. The van der Waals surface area contributed by atoms with Crippen LogP contribution < -0.4 is 0 Å². The van der Waals surface area contributed by atoms with E-state index in [9.17, 15) is 9.59 Å². The number of rotatable bonds is 6. The summed E-state index contributed by atoms with van der Waals surface area (Å²) in [6.07, 6.45) is 1.04. The van der Waals surface area contributed by atoms with E-state index >= 15 is 0 Å². The van der Waals surface area contributed by atoms with Crippen LogP contribution in [0.5, 0.6) is 0 Å². The lowest BCUT2D eigenvalue weighted by atomic mass is 9.96. The summed E-state index contributed by atoms with van der Waals surface area (Å²) in [6, 6.07) is 17.7. The summed E-state index contributed by atoms with van der Waals surface area (Å²) in [5.41, 5.74) is 2.95. The lowest BCUT2D eigenvalue weighted by molar-refractivity contribution is -0.120. The van der Waals surface area contributed by atoms with Gasteiger partial charge in [0.25, 0.3) is 0 Å². The zero-order valence-corrected chi connectivity index (χ0v) is 12.5. The Morgan fingerprint density at radius 1 is 0.905 bits per heavy atom. The molecule has 1 unspecified atom stereocenters. The largest absolute Gasteiger partial charge is 0.300 e. The lowest BCUT2D eigenvalue weighted by Crippen LogP contribution is -2.09. The molecule has 108 valence electrons. The van der Waals surface area contributed by atoms with Gasteiger partial charge in [0.15, 0.2) is 5.78 Å². The molecule has 0 N–H and O–H groups in total. The molecule has 0 saturated heterocycles. The summed E-state index contributed by atoms with van der Waals surface area (Å²) in [5.74, 6) is 0.197. The van der Waals surface area contributed by atoms with Crippen molar-refractivity contribution in [1.82, 2.24) is 0 Å². The molecule has 2 aromatic carbocycles. The van der Waals surface area contributed by atoms with Crippen molar-refractivity contribution < 1.29 is 9.59 Å². The molecule has 0 amide bonds. The highest BCUT2D eigenvalue weighted by Gasteiger charge is 2.12. The molecule has 0 aliphatic rings. The number of hydrogen-bond acceptors (Lipinski definition) is 2. The van der Waals surface area contributed by atoms with E-state index in [0.717, 1.165) is 11.1 Å². The maximum absolute atomic E-state index is 12.1. The molecule has 0 aromatic heterocycles. The minimum Gasteiger partial charge on any atom is -0.300 e. The van der Waals surface area contributed by atoms with Crippen LogP contribution in [-0.2, 0) is 4.79 Å². The Hall–Kier alpha value is -2.22. The molecule has 0 fully saturated rings. The van der Waals surface area contributed by atoms with Crippen LogP contribution in [0, 0.1) is 5.92 Å². The summed E-state index contributed by atoms with van der Waals surface area (Å²) in [5, 5.41) is 0. The van der Waals surface area contributed by atoms with Crippen molar-refractivity contribution in [3.8, 4) is 11.1 Å². The molecule has 1 atom stereocenters. The van der Waals surface area contributed by atoms with Gasteiger partial charge in [-0.3, -0.25) is 9.59 Å². The number of Topliss-reactive ketones (excluding diaryl/α,β-unsaturated/α-hetero) is 2. The molecule has 2 rings (SSSR count). The van der Waals surface area contributed by atoms with E-state index in [1.54, 1.807) is 6.92 Å². The van der Waals surface area contributed by atoms with Crippen molar-refractivity contribution in [2.45, 2.75) is 26.7 Å². The quantitative estimate of drug-likeness (QED) is 0.728. The normalized spacial score (nSPS) is 11.9. The van der Waals surface area contributed by atoms with E-state index in [1.807, 2.05) is 61.5 Å². The second-order valence-corrected chi connectivity index (χ2v) is 5.42. The highest BCUT2D eigenvalue weighted by molar-refractivity contribution is 5.96. The number of ketones is 2.